The molecular weight excluding hydrogens is 338 g/mol. The molecule has 2 N–H and O–H groups in total. The highest BCUT2D eigenvalue weighted by Crippen LogP contribution is 2.26. The van der Waals surface area contributed by atoms with Gasteiger partial charge in [-0.3, -0.25) is 19.2 Å². The zero-order valence-corrected chi connectivity index (χ0v) is 14.6. The van der Waals surface area contributed by atoms with Crippen LogP contribution < -0.4 is 5.73 Å². The molecule has 0 aliphatic carbocycles. The summed E-state index contributed by atoms with van der Waals surface area (Å²) in [5.41, 5.74) is 6.05. The Morgan fingerprint density at radius 1 is 0.760 bits per heavy atom. The summed E-state index contributed by atoms with van der Waals surface area (Å²) in [5.74, 6) is -2.40. The second-order valence-corrected chi connectivity index (χ2v) is 5.54. The van der Waals surface area contributed by atoms with Crippen LogP contribution in [-0.2, 0) is 42.9 Å². The summed E-state index contributed by atoms with van der Waals surface area (Å²) < 4.78 is 25.8. The third-order valence-electron chi connectivity index (χ3n) is 3.35. The molecular formula is C15H23NO9. The summed E-state index contributed by atoms with van der Waals surface area (Å²) in [4.78, 5) is 44.9. The van der Waals surface area contributed by atoms with Crippen molar-refractivity contribution in [1.82, 2.24) is 0 Å². The van der Waals surface area contributed by atoms with Gasteiger partial charge in [0.1, 0.15) is 25.4 Å². The van der Waals surface area contributed by atoms with Crippen LogP contribution in [0.3, 0.4) is 0 Å². The Morgan fingerprint density at radius 2 is 1.20 bits per heavy atom. The van der Waals surface area contributed by atoms with Crippen LogP contribution in [0.4, 0.5) is 0 Å². The molecule has 10 nitrogen and oxygen atoms in total. The molecule has 0 aromatic rings. The first-order chi connectivity index (χ1) is 11.6. The largest absolute Gasteiger partial charge is 0.463 e. The van der Waals surface area contributed by atoms with Crippen molar-refractivity contribution in [2.45, 2.75) is 58.2 Å². The van der Waals surface area contributed by atoms with E-state index in [-0.39, 0.29) is 13.2 Å². The minimum atomic E-state index is -1.08. The summed E-state index contributed by atoms with van der Waals surface area (Å²) in [6, 6.07) is -0.929. The van der Waals surface area contributed by atoms with Crippen molar-refractivity contribution in [3.63, 3.8) is 0 Å². The number of hydrogen-bond donors (Lipinski definition) is 1. The third kappa shape index (κ3) is 6.67. The molecule has 1 heterocycles. The lowest BCUT2D eigenvalue weighted by Gasteiger charge is -2.43. The molecule has 0 saturated carbocycles. The highest BCUT2D eigenvalue weighted by Gasteiger charge is 2.49. The molecule has 1 aliphatic rings. The predicted molar refractivity (Wildman–Crippen MR) is 81.0 cm³/mol. The van der Waals surface area contributed by atoms with Crippen molar-refractivity contribution in [3.05, 3.63) is 0 Å². The molecule has 1 rings (SSSR count). The monoisotopic (exact) mass is 361 g/mol. The third-order valence-corrected chi connectivity index (χ3v) is 3.35. The van der Waals surface area contributed by atoms with Gasteiger partial charge in [-0.25, -0.2) is 0 Å². The van der Waals surface area contributed by atoms with Gasteiger partial charge in [-0.2, -0.15) is 0 Å². The Hall–Kier alpha value is -2.20. The lowest BCUT2D eigenvalue weighted by Crippen LogP contribution is -2.65. The minimum Gasteiger partial charge on any atom is -0.463 e. The number of esters is 4. The van der Waals surface area contributed by atoms with E-state index in [9.17, 15) is 19.2 Å². The van der Waals surface area contributed by atoms with Gasteiger partial charge >= 0.3 is 23.9 Å². The zero-order chi connectivity index (χ0) is 19.1. The molecule has 10 heteroatoms. The maximum atomic E-state index is 11.4. The molecule has 0 radical (unpaired) electrons. The van der Waals surface area contributed by atoms with Crippen LogP contribution in [0.15, 0.2) is 0 Å². The minimum absolute atomic E-state index is 0.197. The highest BCUT2D eigenvalue weighted by molar-refractivity contribution is 5.68. The second-order valence-electron chi connectivity index (χ2n) is 5.54. The fourth-order valence-corrected chi connectivity index (χ4v) is 2.39. The molecule has 0 aromatic heterocycles. The first-order valence-electron chi connectivity index (χ1n) is 7.64. The Kier molecular flexibility index (Phi) is 7.78. The van der Waals surface area contributed by atoms with Crippen molar-refractivity contribution >= 4 is 23.9 Å². The predicted octanol–water partition coefficient (Wildman–Crippen LogP) is -0.929. The van der Waals surface area contributed by atoms with Crippen LogP contribution in [0, 0.1) is 0 Å². The average Bonchev–Trinajstić information content (AvgIpc) is 2.47. The lowest BCUT2D eigenvalue weighted by molar-refractivity contribution is -0.225. The van der Waals surface area contributed by atoms with E-state index in [4.69, 9.17) is 29.4 Å². The highest BCUT2D eigenvalue weighted by atomic mass is 16.6. The fraction of sp³-hybridized carbons (Fsp3) is 0.733. The van der Waals surface area contributed by atoms with Crippen LogP contribution in [0.2, 0.25) is 0 Å². The summed E-state index contributed by atoms with van der Waals surface area (Å²) in [7, 11) is 0. The quantitative estimate of drug-likeness (QED) is 0.466. The molecule has 1 saturated heterocycles. The van der Waals surface area contributed by atoms with Gasteiger partial charge in [0.2, 0.25) is 0 Å². The Balaban J connectivity index is 3.04. The van der Waals surface area contributed by atoms with E-state index >= 15 is 0 Å². The van der Waals surface area contributed by atoms with E-state index in [1.165, 1.54) is 27.7 Å². The van der Waals surface area contributed by atoms with Crippen molar-refractivity contribution in [2.75, 3.05) is 13.2 Å². The number of rotatable bonds is 6. The summed E-state index contributed by atoms with van der Waals surface area (Å²) >= 11 is 0. The first kappa shape index (κ1) is 20.8. The van der Waals surface area contributed by atoms with Crippen LogP contribution >= 0.6 is 0 Å². The Labute approximate surface area is 144 Å². The molecule has 0 aromatic carbocycles. The molecule has 0 spiro atoms. The van der Waals surface area contributed by atoms with Gasteiger partial charge in [0.25, 0.3) is 0 Å². The maximum absolute atomic E-state index is 11.4. The number of ether oxygens (including phenoxy) is 5. The van der Waals surface area contributed by atoms with E-state index < -0.39 is 54.3 Å². The van der Waals surface area contributed by atoms with Gasteiger partial charge in [-0.15, -0.1) is 0 Å². The van der Waals surface area contributed by atoms with Gasteiger partial charge < -0.3 is 29.4 Å². The first-order valence-corrected chi connectivity index (χ1v) is 7.64. The normalized spacial score (nSPS) is 28.6. The Bertz CT molecular complexity index is 521. The molecule has 1 aliphatic heterocycles. The van der Waals surface area contributed by atoms with Gasteiger partial charge in [0, 0.05) is 27.7 Å². The van der Waals surface area contributed by atoms with Crippen molar-refractivity contribution < 1.29 is 42.9 Å². The number of hydrogen-bond acceptors (Lipinski definition) is 10. The van der Waals surface area contributed by atoms with Crippen LogP contribution in [0.5, 0.6) is 0 Å². The summed E-state index contributed by atoms with van der Waals surface area (Å²) in [6.45, 7) is 4.32. The Morgan fingerprint density at radius 3 is 1.64 bits per heavy atom. The summed E-state index contributed by atoms with van der Waals surface area (Å²) in [6.07, 6.45) is -3.93. The average molecular weight is 361 g/mol. The zero-order valence-electron chi connectivity index (χ0n) is 14.6. The van der Waals surface area contributed by atoms with Gasteiger partial charge in [-0.1, -0.05) is 0 Å². The number of nitrogens with two attached hydrogens (primary N) is 1. The van der Waals surface area contributed by atoms with Crippen LogP contribution in [-0.4, -0.2) is 67.5 Å². The smallest absolute Gasteiger partial charge is 0.303 e. The molecule has 1 fully saturated rings. The van der Waals surface area contributed by atoms with E-state index in [0.717, 1.165) is 0 Å². The molecule has 0 bridgehead atoms. The molecule has 142 valence electrons. The molecule has 25 heavy (non-hydrogen) atoms. The lowest BCUT2D eigenvalue weighted by atomic mass is 9.93. The van der Waals surface area contributed by atoms with Crippen molar-refractivity contribution in [3.8, 4) is 0 Å². The number of carbonyl (C=O) groups excluding carboxylic acids is 4. The topological polar surface area (TPSA) is 140 Å². The van der Waals surface area contributed by atoms with E-state index in [0.29, 0.717) is 0 Å². The van der Waals surface area contributed by atoms with E-state index in [2.05, 4.69) is 0 Å². The SMILES string of the molecule is CC(=O)OCC1O[C@@H](COC(C)=O)C(N)C(OC(C)=O)[C@H]1OC(C)=O. The van der Waals surface area contributed by atoms with E-state index in [1.54, 1.807) is 0 Å². The fourth-order valence-electron chi connectivity index (χ4n) is 2.39. The molecule has 0 amide bonds. The standard InChI is InChI=1S/C15H23NO9/c1-7(17)21-5-11-13(16)15(24-10(4)20)14(23-9(3)19)12(25-11)6-22-8(2)18/h11-15H,5-6,16H2,1-4H3/t11-,12?,13?,14-,15?/m0/s1. The number of carbonyl (C=O) groups is 4. The molecule has 3 unspecified atom stereocenters. The second kappa shape index (κ2) is 9.33. The van der Waals surface area contributed by atoms with Crippen LogP contribution in [0.1, 0.15) is 27.7 Å². The van der Waals surface area contributed by atoms with Crippen LogP contribution in [0.25, 0.3) is 0 Å². The van der Waals surface area contributed by atoms with E-state index in [1.807, 2.05) is 0 Å². The maximum Gasteiger partial charge on any atom is 0.303 e. The molecule has 5 atom stereocenters. The van der Waals surface area contributed by atoms with Crippen molar-refractivity contribution in [1.29, 1.82) is 0 Å². The van der Waals surface area contributed by atoms with Crippen molar-refractivity contribution in [2.24, 2.45) is 5.73 Å². The van der Waals surface area contributed by atoms with Gasteiger partial charge in [0.05, 0.1) is 6.04 Å². The van der Waals surface area contributed by atoms with Gasteiger partial charge in [-0.05, 0) is 0 Å². The van der Waals surface area contributed by atoms with Gasteiger partial charge in [0.15, 0.2) is 12.2 Å². The summed E-state index contributed by atoms with van der Waals surface area (Å²) in [5, 5.41) is 0.